The maximum absolute atomic E-state index is 12.6. The molecule has 0 radical (unpaired) electrons. The lowest BCUT2D eigenvalue weighted by Crippen LogP contribution is -2.28. The number of phenols is 1. The lowest BCUT2D eigenvalue weighted by atomic mass is 10.2. The van der Waals surface area contributed by atoms with Gasteiger partial charge in [-0.3, -0.25) is 9.59 Å². The number of nitrogens with zero attached hydrogens (tertiary/aromatic N) is 1. The SMILES string of the molecule is COc1ccccc1N1C(=O)S/C(=C\c2ccc(O)cc2)C1=O. The summed E-state index contributed by atoms with van der Waals surface area (Å²) in [6.45, 7) is 0. The topological polar surface area (TPSA) is 66.8 Å². The fourth-order valence-corrected chi connectivity index (χ4v) is 3.05. The fraction of sp³-hybridized carbons (Fsp3) is 0.0588. The Hall–Kier alpha value is -2.73. The van der Waals surface area contributed by atoms with E-state index >= 15 is 0 Å². The van der Waals surface area contributed by atoms with Gasteiger partial charge < -0.3 is 9.84 Å². The molecule has 1 aliphatic heterocycles. The minimum atomic E-state index is -0.391. The number of imide groups is 1. The third-order valence-electron chi connectivity index (χ3n) is 3.31. The van der Waals surface area contributed by atoms with Crippen LogP contribution in [0.5, 0.6) is 11.5 Å². The first-order valence-corrected chi connectivity index (χ1v) is 7.62. The minimum absolute atomic E-state index is 0.143. The third kappa shape index (κ3) is 2.93. The first-order chi connectivity index (χ1) is 11.1. The van der Waals surface area contributed by atoms with Crippen molar-refractivity contribution in [2.24, 2.45) is 0 Å². The molecule has 0 atom stereocenters. The van der Waals surface area contributed by atoms with E-state index in [9.17, 15) is 14.7 Å². The zero-order chi connectivity index (χ0) is 16.4. The first kappa shape index (κ1) is 15.2. The second-order valence-corrected chi connectivity index (χ2v) is 5.77. The predicted octanol–water partition coefficient (Wildman–Crippen LogP) is 3.64. The van der Waals surface area contributed by atoms with Crippen LogP contribution in [-0.2, 0) is 4.79 Å². The number of amides is 2. The zero-order valence-corrected chi connectivity index (χ0v) is 13.0. The predicted molar refractivity (Wildman–Crippen MR) is 89.6 cm³/mol. The Kier molecular flexibility index (Phi) is 4.08. The summed E-state index contributed by atoms with van der Waals surface area (Å²) in [5.41, 5.74) is 1.15. The van der Waals surface area contributed by atoms with E-state index in [0.717, 1.165) is 22.2 Å². The Labute approximate surface area is 137 Å². The summed E-state index contributed by atoms with van der Waals surface area (Å²) < 4.78 is 5.22. The molecule has 0 aliphatic carbocycles. The van der Waals surface area contributed by atoms with Crippen LogP contribution in [0.4, 0.5) is 10.5 Å². The van der Waals surface area contributed by atoms with Gasteiger partial charge in [0.2, 0.25) is 0 Å². The van der Waals surface area contributed by atoms with Gasteiger partial charge >= 0.3 is 0 Å². The largest absolute Gasteiger partial charge is 0.508 e. The summed E-state index contributed by atoms with van der Waals surface area (Å²) in [6.07, 6.45) is 1.62. The summed E-state index contributed by atoms with van der Waals surface area (Å²) in [4.78, 5) is 26.2. The van der Waals surface area contributed by atoms with Crippen LogP contribution in [0.25, 0.3) is 6.08 Å². The van der Waals surface area contributed by atoms with Crippen molar-refractivity contribution in [3.8, 4) is 11.5 Å². The van der Waals surface area contributed by atoms with Crippen LogP contribution in [0.2, 0.25) is 0 Å². The Morgan fingerprint density at radius 2 is 1.78 bits per heavy atom. The van der Waals surface area contributed by atoms with Gasteiger partial charge in [0.05, 0.1) is 17.7 Å². The van der Waals surface area contributed by atoms with Gasteiger partial charge in [0.15, 0.2) is 0 Å². The molecular weight excluding hydrogens is 314 g/mol. The number of carbonyl (C=O) groups excluding carboxylic acids is 2. The molecule has 5 nitrogen and oxygen atoms in total. The number of rotatable bonds is 3. The summed E-state index contributed by atoms with van der Waals surface area (Å²) >= 11 is 0.875. The lowest BCUT2D eigenvalue weighted by Gasteiger charge is -2.15. The molecule has 0 unspecified atom stereocenters. The van der Waals surface area contributed by atoms with E-state index in [1.54, 1.807) is 42.5 Å². The molecule has 6 heteroatoms. The number of thioether (sulfide) groups is 1. The van der Waals surface area contributed by atoms with Crippen LogP contribution in [0, 0.1) is 0 Å². The summed E-state index contributed by atoms with van der Waals surface area (Å²) in [6, 6.07) is 13.3. The first-order valence-electron chi connectivity index (χ1n) is 6.80. The molecule has 2 aromatic rings. The van der Waals surface area contributed by atoms with Crippen molar-refractivity contribution in [1.82, 2.24) is 0 Å². The number of para-hydroxylation sites is 2. The molecule has 1 saturated heterocycles. The smallest absolute Gasteiger partial charge is 0.298 e. The molecule has 1 N–H and O–H groups in total. The van der Waals surface area contributed by atoms with Gasteiger partial charge in [-0.1, -0.05) is 24.3 Å². The van der Waals surface area contributed by atoms with Gasteiger partial charge in [0, 0.05) is 0 Å². The van der Waals surface area contributed by atoms with Crippen molar-refractivity contribution in [3.05, 3.63) is 59.0 Å². The number of ether oxygens (including phenoxy) is 1. The molecular formula is C17H13NO4S. The number of anilines is 1. The Morgan fingerprint density at radius 3 is 2.48 bits per heavy atom. The molecule has 3 rings (SSSR count). The van der Waals surface area contributed by atoms with Crippen molar-refractivity contribution < 1.29 is 19.4 Å². The van der Waals surface area contributed by atoms with Gasteiger partial charge in [-0.2, -0.15) is 0 Å². The van der Waals surface area contributed by atoms with E-state index in [-0.39, 0.29) is 11.0 Å². The molecule has 2 aromatic carbocycles. The van der Waals surface area contributed by atoms with Crippen LogP contribution in [-0.4, -0.2) is 23.4 Å². The van der Waals surface area contributed by atoms with E-state index in [1.165, 1.54) is 19.2 Å². The zero-order valence-electron chi connectivity index (χ0n) is 12.2. The normalized spacial score (nSPS) is 16.2. The van der Waals surface area contributed by atoms with Crippen molar-refractivity contribution in [3.63, 3.8) is 0 Å². The third-order valence-corrected chi connectivity index (χ3v) is 4.18. The quantitative estimate of drug-likeness (QED) is 0.872. The van der Waals surface area contributed by atoms with Crippen molar-refractivity contribution in [1.29, 1.82) is 0 Å². The molecule has 1 heterocycles. The number of hydrogen-bond acceptors (Lipinski definition) is 5. The number of benzene rings is 2. The van der Waals surface area contributed by atoms with E-state index in [0.29, 0.717) is 16.3 Å². The maximum Gasteiger partial charge on any atom is 0.298 e. The number of hydrogen-bond donors (Lipinski definition) is 1. The van der Waals surface area contributed by atoms with Crippen LogP contribution in [0.1, 0.15) is 5.56 Å². The number of methoxy groups -OCH3 is 1. The Balaban J connectivity index is 1.95. The van der Waals surface area contributed by atoms with E-state index < -0.39 is 5.91 Å². The molecule has 1 fully saturated rings. The molecule has 1 aliphatic rings. The van der Waals surface area contributed by atoms with Gasteiger partial charge in [-0.05, 0) is 47.7 Å². The molecule has 23 heavy (non-hydrogen) atoms. The summed E-state index contributed by atoms with van der Waals surface area (Å²) in [5.74, 6) is 0.211. The average molecular weight is 327 g/mol. The van der Waals surface area contributed by atoms with E-state index in [1.807, 2.05) is 0 Å². The fourth-order valence-electron chi connectivity index (χ4n) is 2.21. The molecule has 116 valence electrons. The van der Waals surface area contributed by atoms with E-state index in [4.69, 9.17) is 4.74 Å². The van der Waals surface area contributed by atoms with E-state index in [2.05, 4.69) is 0 Å². The molecule has 0 saturated carbocycles. The highest BCUT2D eigenvalue weighted by Crippen LogP contribution is 2.39. The molecule has 0 spiro atoms. The standard InChI is InChI=1S/C17H13NO4S/c1-22-14-5-3-2-4-13(14)18-16(20)15(23-17(18)21)10-11-6-8-12(19)9-7-11/h2-10,19H,1H3/b15-10-. The summed E-state index contributed by atoms with van der Waals surface area (Å²) in [7, 11) is 1.49. The number of carbonyl (C=O) groups is 2. The average Bonchev–Trinajstić information content (AvgIpc) is 2.83. The van der Waals surface area contributed by atoms with Gasteiger partial charge in [-0.25, -0.2) is 4.90 Å². The van der Waals surface area contributed by atoms with Crippen molar-refractivity contribution in [2.45, 2.75) is 0 Å². The second-order valence-electron chi connectivity index (χ2n) is 4.78. The monoisotopic (exact) mass is 327 g/mol. The Bertz CT molecular complexity index is 798. The van der Waals surface area contributed by atoms with Crippen molar-refractivity contribution in [2.75, 3.05) is 12.0 Å². The number of aromatic hydroxyl groups is 1. The van der Waals surface area contributed by atoms with Gasteiger partial charge in [0.25, 0.3) is 11.1 Å². The maximum atomic E-state index is 12.6. The summed E-state index contributed by atoms with van der Waals surface area (Å²) in [5, 5.41) is 8.92. The van der Waals surface area contributed by atoms with Gasteiger partial charge in [0.1, 0.15) is 11.5 Å². The van der Waals surface area contributed by atoms with Crippen LogP contribution >= 0.6 is 11.8 Å². The highest BCUT2D eigenvalue weighted by molar-refractivity contribution is 8.19. The second kappa shape index (κ2) is 6.18. The van der Waals surface area contributed by atoms with Crippen LogP contribution in [0.3, 0.4) is 0 Å². The van der Waals surface area contributed by atoms with Crippen LogP contribution < -0.4 is 9.64 Å². The molecule has 0 bridgehead atoms. The van der Waals surface area contributed by atoms with Crippen molar-refractivity contribution >= 4 is 34.7 Å². The highest BCUT2D eigenvalue weighted by Gasteiger charge is 2.37. The highest BCUT2D eigenvalue weighted by atomic mass is 32.2. The number of phenolic OH excluding ortho intramolecular Hbond substituents is 1. The molecule has 2 amide bonds. The lowest BCUT2D eigenvalue weighted by molar-refractivity contribution is -0.113. The van der Waals surface area contributed by atoms with Crippen LogP contribution in [0.15, 0.2) is 53.4 Å². The minimum Gasteiger partial charge on any atom is -0.508 e. The Morgan fingerprint density at radius 1 is 1.09 bits per heavy atom. The molecule has 0 aromatic heterocycles. The van der Waals surface area contributed by atoms with Gasteiger partial charge in [-0.15, -0.1) is 0 Å².